The topological polar surface area (TPSA) is 29.1 Å². The van der Waals surface area contributed by atoms with Crippen LogP contribution in [0.15, 0.2) is 12.1 Å². The van der Waals surface area contributed by atoms with E-state index in [9.17, 15) is 13.6 Å². The maximum absolute atomic E-state index is 13.6. The average Bonchev–Trinajstić information content (AvgIpc) is 2.90. The Balaban J connectivity index is 2.07. The molecule has 20 heavy (non-hydrogen) atoms. The molecule has 1 N–H and O–H groups in total. The molecule has 2 nitrogen and oxygen atoms in total. The molecule has 1 aliphatic carbocycles. The van der Waals surface area contributed by atoms with Crippen molar-refractivity contribution in [3.63, 3.8) is 0 Å². The van der Waals surface area contributed by atoms with Crippen molar-refractivity contribution in [1.82, 2.24) is 5.32 Å². The number of rotatable bonds is 4. The van der Waals surface area contributed by atoms with Crippen molar-refractivity contribution in [1.29, 1.82) is 0 Å². The molecule has 0 atom stereocenters. The van der Waals surface area contributed by atoms with E-state index >= 15 is 0 Å². The zero-order chi connectivity index (χ0) is 14.8. The maximum atomic E-state index is 13.6. The van der Waals surface area contributed by atoms with E-state index in [1.54, 1.807) is 0 Å². The van der Waals surface area contributed by atoms with Gasteiger partial charge in [-0.1, -0.05) is 40.4 Å². The number of nitrogens with one attached hydrogen (secondary N) is 1. The summed E-state index contributed by atoms with van der Waals surface area (Å²) in [5, 5.41) is 3.16. The molecular weight excluding hydrogens is 352 g/mol. The maximum Gasteiger partial charge on any atom is 0.254 e. The van der Waals surface area contributed by atoms with Crippen molar-refractivity contribution in [2.45, 2.75) is 25.7 Å². The first-order valence-electron chi connectivity index (χ1n) is 6.46. The average molecular weight is 367 g/mol. The number of benzene rings is 1. The number of hydrogen-bond donors (Lipinski definition) is 1. The van der Waals surface area contributed by atoms with Crippen LogP contribution in [-0.4, -0.2) is 17.8 Å². The third-order valence-corrected chi connectivity index (χ3v) is 5.31. The van der Waals surface area contributed by atoms with E-state index < -0.39 is 17.5 Å². The molecule has 2 rings (SSSR count). The highest BCUT2D eigenvalue weighted by molar-refractivity contribution is 9.09. The minimum atomic E-state index is -0.812. The molecule has 1 aromatic rings. The van der Waals surface area contributed by atoms with E-state index in [0.717, 1.165) is 43.1 Å². The molecule has 6 heteroatoms. The molecule has 0 aliphatic heterocycles. The minimum Gasteiger partial charge on any atom is -0.351 e. The van der Waals surface area contributed by atoms with Gasteiger partial charge in [0.25, 0.3) is 5.91 Å². The first kappa shape index (κ1) is 15.7. The third-order valence-electron chi connectivity index (χ3n) is 3.83. The summed E-state index contributed by atoms with van der Waals surface area (Å²) in [6.45, 7) is 0.459. The lowest BCUT2D eigenvalue weighted by atomic mass is 9.89. The van der Waals surface area contributed by atoms with Gasteiger partial charge in [-0.25, -0.2) is 8.78 Å². The largest absolute Gasteiger partial charge is 0.351 e. The van der Waals surface area contributed by atoms with E-state index in [0.29, 0.717) is 6.54 Å². The predicted molar refractivity (Wildman–Crippen MR) is 78.4 cm³/mol. The molecule has 0 bridgehead atoms. The SMILES string of the molecule is O=C(NCC1(CBr)CCCC1)c1cc(F)c(Cl)cc1F. The fourth-order valence-electron chi connectivity index (χ4n) is 2.54. The van der Waals surface area contributed by atoms with Gasteiger partial charge in [-0.05, 0) is 30.4 Å². The molecule has 0 saturated heterocycles. The molecule has 0 radical (unpaired) electrons. The van der Waals surface area contributed by atoms with Crippen molar-refractivity contribution in [2.75, 3.05) is 11.9 Å². The van der Waals surface area contributed by atoms with E-state index in [1.807, 2.05) is 0 Å². The summed E-state index contributed by atoms with van der Waals surface area (Å²) >= 11 is 8.94. The lowest BCUT2D eigenvalue weighted by Gasteiger charge is -2.26. The molecule has 0 spiro atoms. The monoisotopic (exact) mass is 365 g/mol. The summed E-state index contributed by atoms with van der Waals surface area (Å²) in [6.07, 6.45) is 4.31. The molecule has 1 fully saturated rings. The quantitative estimate of drug-likeness (QED) is 0.624. The summed E-state index contributed by atoms with van der Waals surface area (Å²) in [4.78, 5) is 12.0. The Kier molecular flexibility index (Phi) is 5.02. The number of carbonyl (C=O) groups excluding carboxylic acids is 1. The Morgan fingerprint density at radius 1 is 1.30 bits per heavy atom. The second-order valence-corrected chi connectivity index (χ2v) is 6.24. The van der Waals surface area contributed by atoms with E-state index in [1.165, 1.54) is 0 Å². The summed E-state index contributed by atoms with van der Waals surface area (Å²) < 4.78 is 27.0. The second kappa shape index (κ2) is 6.39. The fourth-order valence-corrected chi connectivity index (χ4v) is 3.45. The van der Waals surface area contributed by atoms with Crippen LogP contribution < -0.4 is 5.32 Å². The summed E-state index contributed by atoms with van der Waals surface area (Å²) in [7, 11) is 0. The smallest absolute Gasteiger partial charge is 0.254 e. The molecule has 1 amide bonds. The van der Waals surface area contributed by atoms with Crippen molar-refractivity contribution < 1.29 is 13.6 Å². The Bertz CT molecular complexity index is 518. The van der Waals surface area contributed by atoms with E-state index in [4.69, 9.17) is 11.6 Å². The van der Waals surface area contributed by atoms with Gasteiger partial charge in [-0.3, -0.25) is 4.79 Å². The Hall–Kier alpha value is -0.680. The zero-order valence-corrected chi connectivity index (χ0v) is 13.2. The summed E-state index contributed by atoms with van der Waals surface area (Å²) in [5.41, 5.74) is -0.286. The van der Waals surface area contributed by atoms with Crippen LogP contribution in [-0.2, 0) is 0 Å². The normalized spacial score (nSPS) is 17.2. The predicted octanol–water partition coefficient (Wildman–Crippen LogP) is 4.30. The van der Waals surface area contributed by atoms with E-state index in [-0.39, 0.29) is 16.0 Å². The number of amides is 1. The van der Waals surface area contributed by atoms with Crippen molar-refractivity contribution >= 4 is 33.4 Å². The second-order valence-electron chi connectivity index (χ2n) is 5.27. The number of alkyl halides is 1. The molecule has 0 heterocycles. The molecule has 1 aromatic carbocycles. The zero-order valence-electron chi connectivity index (χ0n) is 10.8. The summed E-state index contributed by atoms with van der Waals surface area (Å²) in [5.74, 6) is -2.22. The highest BCUT2D eigenvalue weighted by atomic mass is 79.9. The lowest BCUT2D eigenvalue weighted by Crippen LogP contribution is -2.37. The minimum absolute atomic E-state index is 0.0249. The van der Waals surface area contributed by atoms with Crippen molar-refractivity contribution in [3.8, 4) is 0 Å². The van der Waals surface area contributed by atoms with Crippen LogP contribution in [0.25, 0.3) is 0 Å². The van der Waals surface area contributed by atoms with Crippen LogP contribution >= 0.6 is 27.5 Å². The van der Waals surface area contributed by atoms with Gasteiger partial charge in [-0.2, -0.15) is 0 Å². The van der Waals surface area contributed by atoms with Gasteiger partial charge in [-0.15, -0.1) is 0 Å². The van der Waals surface area contributed by atoms with Crippen LogP contribution in [0.2, 0.25) is 5.02 Å². The Labute approximate surface area is 130 Å². The first-order valence-corrected chi connectivity index (χ1v) is 7.96. The number of carbonyl (C=O) groups is 1. The Morgan fingerprint density at radius 2 is 1.95 bits per heavy atom. The molecule has 1 aliphatic rings. The van der Waals surface area contributed by atoms with Gasteiger partial charge in [0.1, 0.15) is 11.6 Å². The van der Waals surface area contributed by atoms with Crippen LogP contribution in [0.4, 0.5) is 8.78 Å². The van der Waals surface area contributed by atoms with Crippen molar-refractivity contribution in [3.05, 3.63) is 34.4 Å². The standard InChI is InChI=1S/C14H15BrClF2NO/c15-7-14(3-1-2-4-14)8-19-13(20)9-5-12(18)10(16)6-11(9)17/h5-6H,1-4,7-8H2,(H,19,20). The highest BCUT2D eigenvalue weighted by Crippen LogP contribution is 2.39. The van der Waals surface area contributed by atoms with Crippen LogP contribution in [0.5, 0.6) is 0 Å². The molecule has 0 unspecified atom stereocenters. The van der Waals surface area contributed by atoms with E-state index in [2.05, 4.69) is 21.2 Å². The molecule has 0 aromatic heterocycles. The van der Waals surface area contributed by atoms with Gasteiger partial charge < -0.3 is 5.32 Å². The van der Waals surface area contributed by atoms with Gasteiger partial charge in [0, 0.05) is 11.9 Å². The summed E-state index contributed by atoms with van der Waals surface area (Å²) in [6, 6.07) is 1.66. The number of hydrogen-bond acceptors (Lipinski definition) is 1. The number of halogens is 4. The lowest BCUT2D eigenvalue weighted by molar-refractivity contribution is 0.0931. The van der Waals surface area contributed by atoms with Gasteiger partial charge in [0.15, 0.2) is 0 Å². The highest BCUT2D eigenvalue weighted by Gasteiger charge is 2.33. The van der Waals surface area contributed by atoms with Gasteiger partial charge >= 0.3 is 0 Å². The van der Waals surface area contributed by atoms with Crippen molar-refractivity contribution in [2.24, 2.45) is 5.41 Å². The molecule has 1 saturated carbocycles. The van der Waals surface area contributed by atoms with Crippen LogP contribution in [0.1, 0.15) is 36.0 Å². The van der Waals surface area contributed by atoms with Crippen LogP contribution in [0.3, 0.4) is 0 Å². The van der Waals surface area contributed by atoms with Gasteiger partial charge in [0.05, 0.1) is 10.6 Å². The first-order chi connectivity index (χ1) is 9.47. The van der Waals surface area contributed by atoms with Crippen LogP contribution in [0, 0.1) is 17.0 Å². The fraction of sp³-hybridized carbons (Fsp3) is 0.500. The van der Waals surface area contributed by atoms with Gasteiger partial charge in [0.2, 0.25) is 0 Å². The Morgan fingerprint density at radius 3 is 2.55 bits per heavy atom. The third kappa shape index (κ3) is 3.31. The molecular formula is C14H15BrClF2NO. The molecule has 110 valence electrons.